The van der Waals surface area contributed by atoms with E-state index in [1.807, 2.05) is 61.5 Å². The smallest absolute Gasteiger partial charge is 0.248 e. The number of aromatic nitrogens is 2. The summed E-state index contributed by atoms with van der Waals surface area (Å²) < 4.78 is 11.1. The van der Waals surface area contributed by atoms with Gasteiger partial charge < -0.3 is 9.15 Å². The number of ether oxygens (including phenoxy) is 1. The second-order valence-corrected chi connectivity index (χ2v) is 4.24. The number of hydrogen-bond acceptors (Lipinski definition) is 4. The van der Waals surface area contributed by atoms with E-state index >= 15 is 0 Å². The fourth-order valence-corrected chi connectivity index (χ4v) is 1.90. The molecule has 3 aromatic rings. The van der Waals surface area contributed by atoms with Gasteiger partial charge in [-0.1, -0.05) is 18.2 Å². The quantitative estimate of drug-likeness (QED) is 0.720. The molecule has 0 saturated carbocycles. The molecule has 1 heterocycles. The number of nitrogens with zero attached hydrogens (tertiary/aromatic N) is 2. The van der Waals surface area contributed by atoms with Crippen molar-refractivity contribution in [2.24, 2.45) is 0 Å². The van der Waals surface area contributed by atoms with Gasteiger partial charge in [0.25, 0.3) is 0 Å². The van der Waals surface area contributed by atoms with Crippen LogP contribution in [-0.2, 0) is 0 Å². The summed E-state index contributed by atoms with van der Waals surface area (Å²) in [5.41, 5.74) is 1.79. The Morgan fingerprint density at radius 3 is 2.05 bits per heavy atom. The highest BCUT2D eigenvalue weighted by Crippen LogP contribution is 2.25. The van der Waals surface area contributed by atoms with Crippen LogP contribution in [0.4, 0.5) is 0 Å². The third-order valence-electron chi connectivity index (χ3n) is 2.86. The van der Waals surface area contributed by atoms with Crippen molar-refractivity contribution in [3.8, 4) is 28.7 Å². The van der Waals surface area contributed by atoms with E-state index in [9.17, 15) is 0 Å². The minimum absolute atomic E-state index is 0.506. The van der Waals surface area contributed by atoms with Crippen molar-refractivity contribution in [1.29, 1.82) is 0 Å². The molecule has 0 amide bonds. The van der Waals surface area contributed by atoms with E-state index in [2.05, 4.69) is 10.2 Å². The van der Waals surface area contributed by atoms with E-state index in [-0.39, 0.29) is 0 Å². The predicted molar refractivity (Wildman–Crippen MR) is 76.3 cm³/mol. The third-order valence-corrected chi connectivity index (χ3v) is 2.86. The van der Waals surface area contributed by atoms with Gasteiger partial charge in [0.1, 0.15) is 5.75 Å². The van der Waals surface area contributed by atoms with Gasteiger partial charge in [0.05, 0.1) is 6.61 Å². The maximum absolute atomic E-state index is 5.69. The molecule has 100 valence electrons. The first kappa shape index (κ1) is 12.4. The van der Waals surface area contributed by atoms with E-state index in [4.69, 9.17) is 9.15 Å². The largest absolute Gasteiger partial charge is 0.494 e. The van der Waals surface area contributed by atoms with Gasteiger partial charge in [-0.3, -0.25) is 0 Å². The first-order valence-corrected chi connectivity index (χ1v) is 6.49. The Bertz CT molecular complexity index is 675. The highest BCUT2D eigenvalue weighted by molar-refractivity contribution is 5.58. The lowest BCUT2D eigenvalue weighted by Gasteiger charge is -2.02. The topological polar surface area (TPSA) is 48.2 Å². The molecule has 0 aliphatic heterocycles. The van der Waals surface area contributed by atoms with Crippen LogP contribution in [0.15, 0.2) is 59.0 Å². The number of rotatable bonds is 4. The van der Waals surface area contributed by atoms with Crippen molar-refractivity contribution in [2.75, 3.05) is 6.61 Å². The summed E-state index contributed by atoms with van der Waals surface area (Å²) in [4.78, 5) is 0. The minimum atomic E-state index is 0.506. The van der Waals surface area contributed by atoms with Crippen LogP contribution in [0.25, 0.3) is 22.9 Å². The molecule has 0 unspecified atom stereocenters. The summed E-state index contributed by atoms with van der Waals surface area (Å²) in [6.45, 7) is 2.61. The molecule has 0 aliphatic rings. The van der Waals surface area contributed by atoms with E-state index in [0.29, 0.717) is 18.4 Å². The van der Waals surface area contributed by atoms with Crippen molar-refractivity contribution in [1.82, 2.24) is 10.2 Å². The van der Waals surface area contributed by atoms with Crippen molar-refractivity contribution in [3.63, 3.8) is 0 Å². The van der Waals surface area contributed by atoms with Crippen molar-refractivity contribution in [3.05, 3.63) is 54.6 Å². The van der Waals surface area contributed by atoms with Gasteiger partial charge in [-0.15, -0.1) is 10.2 Å². The molecule has 2 aromatic carbocycles. The first-order valence-electron chi connectivity index (χ1n) is 6.49. The van der Waals surface area contributed by atoms with Crippen LogP contribution in [0.2, 0.25) is 0 Å². The molecule has 3 rings (SSSR count). The lowest BCUT2D eigenvalue weighted by atomic mass is 10.2. The highest BCUT2D eigenvalue weighted by Gasteiger charge is 2.09. The summed E-state index contributed by atoms with van der Waals surface area (Å²) in [6, 6.07) is 17.3. The molecule has 20 heavy (non-hydrogen) atoms. The van der Waals surface area contributed by atoms with Crippen LogP contribution in [0, 0.1) is 0 Å². The van der Waals surface area contributed by atoms with Crippen LogP contribution >= 0.6 is 0 Å². The zero-order valence-electron chi connectivity index (χ0n) is 11.1. The molecule has 0 spiro atoms. The average Bonchev–Trinajstić information content (AvgIpc) is 2.99. The summed E-state index contributed by atoms with van der Waals surface area (Å²) in [6.07, 6.45) is 0. The second kappa shape index (κ2) is 5.57. The fourth-order valence-electron chi connectivity index (χ4n) is 1.90. The Balaban J connectivity index is 1.86. The maximum atomic E-state index is 5.69. The monoisotopic (exact) mass is 266 g/mol. The van der Waals surface area contributed by atoms with Crippen molar-refractivity contribution < 1.29 is 9.15 Å². The Morgan fingerprint density at radius 1 is 0.850 bits per heavy atom. The van der Waals surface area contributed by atoms with Gasteiger partial charge >= 0.3 is 0 Å². The molecule has 0 radical (unpaired) electrons. The molecular formula is C16H14N2O2. The van der Waals surface area contributed by atoms with Crippen LogP contribution in [-0.4, -0.2) is 16.8 Å². The summed E-state index contributed by atoms with van der Waals surface area (Å²) in [7, 11) is 0. The zero-order valence-corrected chi connectivity index (χ0v) is 11.1. The third kappa shape index (κ3) is 2.54. The average molecular weight is 266 g/mol. The maximum Gasteiger partial charge on any atom is 0.248 e. The van der Waals surface area contributed by atoms with Crippen LogP contribution in [0.3, 0.4) is 0 Å². The fraction of sp³-hybridized carbons (Fsp3) is 0.125. The van der Waals surface area contributed by atoms with Gasteiger partial charge in [-0.05, 0) is 43.3 Å². The van der Waals surface area contributed by atoms with Crippen LogP contribution in [0.5, 0.6) is 5.75 Å². The van der Waals surface area contributed by atoms with Gasteiger partial charge in [0.15, 0.2) is 0 Å². The number of benzene rings is 2. The summed E-state index contributed by atoms with van der Waals surface area (Å²) >= 11 is 0. The van der Waals surface area contributed by atoms with Crippen LogP contribution in [0.1, 0.15) is 6.92 Å². The number of hydrogen-bond donors (Lipinski definition) is 0. The first-order chi connectivity index (χ1) is 9.86. The second-order valence-electron chi connectivity index (χ2n) is 4.24. The Labute approximate surface area is 117 Å². The van der Waals surface area contributed by atoms with Crippen LogP contribution < -0.4 is 4.74 Å². The molecule has 0 N–H and O–H groups in total. The molecule has 0 bridgehead atoms. The van der Waals surface area contributed by atoms with E-state index in [1.54, 1.807) is 0 Å². The van der Waals surface area contributed by atoms with E-state index < -0.39 is 0 Å². The van der Waals surface area contributed by atoms with Gasteiger partial charge in [-0.25, -0.2) is 0 Å². The standard InChI is InChI=1S/C16H14N2O2/c1-2-19-14-10-8-13(9-11-14)16-18-17-15(20-16)12-6-4-3-5-7-12/h3-11H,2H2,1H3. The molecule has 0 fully saturated rings. The molecule has 4 heteroatoms. The normalized spacial score (nSPS) is 10.4. The molecule has 0 aliphatic carbocycles. The Kier molecular flexibility index (Phi) is 3.46. The molecular weight excluding hydrogens is 252 g/mol. The molecule has 1 aromatic heterocycles. The lowest BCUT2D eigenvalue weighted by Crippen LogP contribution is -1.90. The summed E-state index contributed by atoms with van der Waals surface area (Å²) in [5.74, 6) is 1.86. The van der Waals surface area contributed by atoms with E-state index in [1.165, 1.54) is 0 Å². The Morgan fingerprint density at radius 2 is 1.45 bits per heavy atom. The SMILES string of the molecule is CCOc1ccc(-c2nnc(-c3ccccc3)o2)cc1. The van der Waals surface area contributed by atoms with Gasteiger partial charge in [0.2, 0.25) is 11.8 Å². The minimum Gasteiger partial charge on any atom is -0.494 e. The van der Waals surface area contributed by atoms with Gasteiger partial charge in [-0.2, -0.15) is 0 Å². The van der Waals surface area contributed by atoms with Gasteiger partial charge in [0, 0.05) is 11.1 Å². The zero-order chi connectivity index (χ0) is 13.8. The summed E-state index contributed by atoms with van der Waals surface area (Å²) in [5, 5.41) is 8.15. The highest BCUT2D eigenvalue weighted by atomic mass is 16.5. The van der Waals surface area contributed by atoms with Crippen molar-refractivity contribution >= 4 is 0 Å². The lowest BCUT2D eigenvalue weighted by molar-refractivity contribution is 0.340. The molecule has 4 nitrogen and oxygen atoms in total. The molecule has 0 saturated heterocycles. The van der Waals surface area contributed by atoms with Crippen molar-refractivity contribution in [2.45, 2.75) is 6.92 Å². The molecule has 0 atom stereocenters. The Hall–Kier alpha value is -2.62. The van der Waals surface area contributed by atoms with E-state index in [0.717, 1.165) is 16.9 Å². The predicted octanol–water partition coefficient (Wildman–Crippen LogP) is 3.80.